The lowest BCUT2D eigenvalue weighted by atomic mass is 10.2. The van der Waals surface area contributed by atoms with E-state index in [0.717, 1.165) is 43.0 Å². The van der Waals surface area contributed by atoms with E-state index < -0.39 is 6.10 Å². The number of nitrogens with one attached hydrogen (secondary N) is 1. The van der Waals surface area contributed by atoms with E-state index in [0.29, 0.717) is 17.0 Å². The van der Waals surface area contributed by atoms with Crippen molar-refractivity contribution in [3.05, 3.63) is 59.7 Å². The van der Waals surface area contributed by atoms with Crippen LogP contribution < -0.4 is 10.1 Å². The Labute approximate surface area is 175 Å². The number of carbonyl (C=O) groups is 1. The number of halogens is 1. The fourth-order valence-electron chi connectivity index (χ4n) is 3.58. The van der Waals surface area contributed by atoms with Crippen LogP contribution >= 0.6 is 0 Å². The summed E-state index contributed by atoms with van der Waals surface area (Å²) in [4.78, 5) is 12.5. The molecule has 0 aliphatic carbocycles. The van der Waals surface area contributed by atoms with Crippen molar-refractivity contribution in [1.29, 1.82) is 0 Å². The van der Waals surface area contributed by atoms with Crippen LogP contribution in [0.25, 0.3) is 11.4 Å². The largest absolute Gasteiger partial charge is 0.481 e. The third-order valence-electron chi connectivity index (χ3n) is 5.32. The number of ether oxygens (including phenoxy) is 1. The smallest absolute Gasteiger partial charge is 0.265 e. The van der Waals surface area contributed by atoms with Gasteiger partial charge in [0.2, 0.25) is 0 Å². The summed E-state index contributed by atoms with van der Waals surface area (Å²) < 4.78 is 21.7. The summed E-state index contributed by atoms with van der Waals surface area (Å²) in [5.41, 5.74) is 1.83. The van der Waals surface area contributed by atoms with Crippen molar-refractivity contribution >= 4 is 11.6 Å². The molecular weight excluding hydrogens is 383 g/mol. The van der Waals surface area contributed by atoms with Crippen LogP contribution in [0.1, 0.15) is 37.6 Å². The Bertz CT molecular complexity index is 1060. The van der Waals surface area contributed by atoms with E-state index in [1.807, 2.05) is 18.2 Å². The quantitative estimate of drug-likeness (QED) is 0.674. The molecule has 0 saturated carbocycles. The van der Waals surface area contributed by atoms with Gasteiger partial charge in [-0.2, -0.15) is 0 Å². The van der Waals surface area contributed by atoms with Gasteiger partial charge in [0, 0.05) is 24.2 Å². The van der Waals surface area contributed by atoms with Crippen molar-refractivity contribution < 1.29 is 13.9 Å². The Kier molecular flexibility index (Phi) is 5.79. The molecule has 7 heteroatoms. The van der Waals surface area contributed by atoms with Gasteiger partial charge in [-0.1, -0.05) is 24.6 Å². The molecule has 1 atom stereocenters. The van der Waals surface area contributed by atoms with Crippen LogP contribution in [0.5, 0.6) is 5.75 Å². The molecule has 0 radical (unpaired) electrons. The lowest BCUT2D eigenvalue weighted by Crippen LogP contribution is -2.30. The Morgan fingerprint density at radius 2 is 2.03 bits per heavy atom. The van der Waals surface area contributed by atoms with Crippen molar-refractivity contribution in [2.45, 2.75) is 52.2 Å². The third kappa shape index (κ3) is 4.35. The number of anilines is 1. The Morgan fingerprint density at radius 3 is 2.87 bits per heavy atom. The molecule has 3 aromatic rings. The molecule has 0 bridgehead atoms. The highest BCUT2D eigenvalue weighted by molar-refractivity contribution is 5.94. The zero-order chi connectivity index (χ0) is 21.1. The highest BCUT2D eigenvalue weighted by Gasteiger charge is 2.18. The Morgan fingerprint density at radius 1 is 1.17 bits per heavy atom. The number of aromatic nitrogens is 3. The summed E-state index contributed by atoms with van der Waals surface area (Å²) in [7, 11) is 0. The van der Waals surface area contributed by atoms with Crippen LogP contribution in [0.3, 0.4) is 0 Å². The first-order valence-corrected chi connectivity index (χ1v) is 10.3. The van der Waals surface area contributed by atoms with Gasteiger partial charge in [-0.25, -0.2) is 4.39 Å². The number of amides is 1. The van der Waals surface area contributed by atoms with Gasteiger partial charge in [0.25, 0.3) is 5.91 Å². The second-order valence-corrected chi connectivity index (χ2v) is 7.64. The first-order chi connectivity index (χ1) is 14.5. The molecule has 2 aromatic carbocycles. The molecule has 0 spiro atoms. The van der Waals surface area contributed by atoms with E-state index >= 15 is 0 Å². The molecule has 156 valence electrons. The SMILES string of the molecule is Cc1ccc(NC(=O)C(C)Oc2cccc(-c3nnc4n3CCCCC4)c2)cc1F. The molecule has 1 amide bonds. The van der Waals surface area contributed by atoms with Crippen molar-refractivity contribution in [3.8, 4) is 17.1 Å². The van der Waals surface area contributed by atoms with Crippen molar-refractivity contribution in [3.63, 3.8) is 0 Å². The molecule has 2 heterocycles. The zero-order valence-electron chi connectivity index (χ0n) is 17.2. The number of hydrogen-bond donors (Lipinski definition) is 1. The molecular formula is C23H25FN4O2. The maximum absolute atomic E-state index is 13.7. The monoisotopic (exact) mass is 408 g/mol. The van der Waals surface area contributed by atoms with Crippen molar-refractivity contribution in [2.75, 3.05) is 5.32 Å². The molecule has 1 aliphatic heterocycles. The molecule has 4 rings (SSSR count). The predicted molar refractivity (Wildman–Crippen MR) is 113 cm³/mol. The maximum atomic E-state index is 13.7. The topological polar surface area (TPSA) is 69.0 Å². The summed E-state index contributed by atoms with van der Waals surface area (Å²) in [6.07, 6.45) is 3.65. The summed E-state index contributed by atoms with van der Waals surface area (Å²) >= 11 is 0. The van der Waals surface area contributed by atoms with E-state index in [9.17, 15) is 9.18 Å². The zero-order valence-corrected chi connectivity index (χ0v) is 17.2. The number of fused-ring (bicyclic) bond motifs is 1. The third-order valence-corrected chi connectivity index (χ3v) is 5.32. The number of nitrogens with zero attached hydrogens (tertiary/aromatic N) is 3. The number of benzene rings is 2. The van der Waals surface area contributed by atoms with Gasteiger partial charge >= 0.3 is 0 Å². The molecule has 1 aliphatic rings. The first-order valence-electron chi connectivity index (χ1n) is 10.3. The molecule has 30 heavy (non-hydrogen) atoms. The van der Waals surface area contributed by atoms with Crippen LogP contribution in [-0.2, 0) is 17.8 Å². The second-order valence-electron chi connectivity index (χ2n) is 7.64. The van der Waals surface area contributed by atoms with Crippen LogP contribution in [0.4, 0.5) is 10.1 Å². The van der Waals surface area contributed by atoms with Gasteiger partial charge in [0.15, 0.2) is 11.9 Å². The van der Waals surface area contributed by atoms with Crippen LogP contribution in [0, 0.1) is 12.7 Å². The second kappa shape index (κ2) is 8.65. The minimum Gasteiger partial charge on any atom is -0.481 e. The molecule has 0 saturated heterocycles. The van der Waals surface area contributed by atoms with Gasteiger partial charge in [-0.3, -0.25) is 4.79 Å². The number of rotatable bonds is 5. The van der Waals surface area contributed by atoms with Gasteiger partial charge < -0.3 is 14.6 Å². The maximum Gasteiger partial charge on any atom is 0.265 e. The van der Waals surface area contributed by atoms with Gasteiger partial charge in [0.1, 0.15) is 17.4 Å². The lowest BCUT2D eigenvalue weighted by molar-refractivity contribution is -0.122. The number of aryl methyl sites for hydroxylation is 2. The predicted octanol–water partition coefficient (Wildman–Crippen LogP) is 4.53. The summed E-state index contributed by atoms with van der Waals surface area (Å²) in [5.74, 6) is 1.70. The standard InChI is InChI=1S/C23H25FN4O2/c1-15-10-11-18(14-20(15)24)25-23(29)16(2)30-19-8-6-7-17(13-19)22-27-26-21-9-4-3-5-12-28(21)22/h6-8,10-11,13-14,16H,3-5,9,12H2,1-2H3,(H,25,29). The Balaban J connectivity index is 1.47. The van der Waals surface area contributed by atoms with E-state index in [1.165, 1.54) is 12.5 Å². The molecule has 6 nitrogen and oxygen atoms in total. The highest BCUT2D eigenvalue weighted by Crippen LogP contribution is 2.26. The molecule has 1 unspecified atom stereocenters. The number of carbonyl (C=O) groups excluding carboxylic acids is 1. The van der Waals surface area contributed by atoms with Gasteiger partial charge in [0.05, 0.1) is 0 Å². The Hall–Kier alpha value is -3.22. The van der Waals surface area contributed by atoms with Crippen LogP contribution in [0.2, 0.25) is 0 Å². The summed E-state index contributed by atoms with van der Waals surface area (Å²) in [6.45, 7) is 4.25. The number of hydrogen-bond acceptors (Lipinski definition) is 4. The van der Waals surface area contributed by atoms with Crippen molar-refractivity contribution in [2.24, 2.45) is 0 Å². The summed E-state index contributed by atoms with van der Waals surface area (Å²) in [6, 6.07) is 12.1. The van der Waals surface area contributed by atoms with Gasteiger partial charge in [-0.15, -0.1) is 10.2 Å². The van der Waals surface area contributed by atoms with Crippen LogP contribution in [-0.4, -0.2) is 26.8 Å². The fraction of sp³-hybridized carbons (Fsp3) is 0.348. The van der Waals surface area contributed by atoms with E-state index in [1.54, 1.807) is 32.0 Å². The molecule has 0 fully saturated rings. The minimum atomic E-state index is -0.750. The molecule has 1 N–H and O–H groups in total. The first kappa shape index (κ1) is 20.1. The average Bonchev–Trinajstić information content (AvgIpc) is 2.99. The summed E-state index contributed by atoms with van der Waals surface area (Å²) in [5, 5.41) is 11.4. The lowest BCUT2D eigenvalue weighted by Gasteiger charge is -2.16. The van der Waals surface area contributed by atoms with Gasteiger partial charge in [-0.05, 0) is 56.5 Å². The highest BCUT2D eigenvalue weighted by atomic mass is 19.1. The average molecular weight is 408 g/mol. The molecule has 1 aromatic heterocycles. The van der Waals surface area contributed by atoms with Crippen LogP contribution in [0.15, 0.2) is 42.5 Å². The fourth-order valence-corrected chi connectivity index (χ4v) is 3.58. The van der Waals surface area contributed by atoms with E-state index in [4.69, 9.17) is 4.74 Å². The van der Waals surface area contributed by atoms with E-state index in [2.05, 4.69) is 20.1 Å². The van der Waals surface area contributed by atoms with Crippen molar-refractivity contribution in [1.82, 2.24) is 14.8 Å². The minimum absolute atomic E-state index is 0.347. The van der Waals surface area contributed by atoms with E-state index in [-0.39, 0.29) is 11.7 Å². The normalized spacial score (nSPS) is 14.5.